The van der Waals surface area contributed by atoms with Crippen LogP contribution in [0.4, 0.5) is 15.8 Å². The van der Waals surface area contributed by atoms with Crippen molar-refractivity contribution >= 4 is 29.0 Å². The standard InChI is InChI=1S/C14H20FN3OS/c1-9(18(2)11-5-6-20-8-11)14(19)17-10-3-4-12(15)13(16)7-10/h3-4,7,9,11H,5-6,8,16H2,1-2H3,(H,17,19). The number of hydrogen-bond acceptors (Lipinski definition) is 4. The fraction of sp³-hybridized carbons (Fsp3) is 0.500. The summed E-state index contributed by atoms with van der Waals surface area (Å²) in [6.45, 7) is 1.88. The molecule has 3 N–H and O–H groups in total. The summed E-state index contributed by atoms with van der Waals surface area (Å²) in [5.41, 5.74) is 6.05. The number of amides is 1. The van der Waals surface area contributed by atoms with E-state index in [1.807, 2.05) is 25.7 Å². The van der Waals surface area contributed by atoms with E-state index < -0.39 is 5.82 Å². The van der Waals surface area contributed by atoms with Crippen LogP contribution in [0.15, 0.2) is 18.2 Å². The first-order chi connectivity index (χ1) is 9.49. The summed E-state index contributed by atoms with van der Waals surface area (Å²) in [7, 11) is 1.97. The molecular weight excluding hydrogens is 277 g/mol. The molecule has 4 nitrogen and oxygen atoms in total. The largest absolute Gasteiger partial charge is 0.396 e. The van der Waals surface area contributed by atoms with E-state index in [0.717, 1.165) is 17.9 Å². The van der Waals surface area contributed by atoms with Gasteiger partial charge in [0.1, 0.15) is 5.82 Å². The average Bonchev–Trinajstić information content (AvgIpc) is 2.95. The molecule has 0 saturated carbocycles. The monoisotopic (exact) mass is 297 g/mol. The average molecular weight is 297 g/mol. The lowest BCUT2D eigenvalue weighted by molar-refractivity contribution is -0.120. The Labute approximate surface area is 122 Å². The second-order valence-electron chi connectivity index (χ2n) is 5.08. The van der Waals surface area contributed by atoms with Crippen LogP contribution in [0.1, 0.15) is 13.3 Å². The quantitative estimate of drug-likeness (QED) is 0.836. The maximum atomic E-state index is 13.1. The first-order valence-electron chi connectivity index (χ1n) is 6.64. The topological polar surface area (TPSA) is 58.4 Å². The van der Waals surface area contributed by atoms with Gasteiger partial charge in [-0.2, -0.15) is 11.8 Å². The summed E-state index contributed by atoms with van der Waals surface area (Å²) >= 11 is 1.92. The van der Waals surface area contributed by atoms with Gasteiger partial charge in [0.2, 0.25) is 5.91 Å². The Morgan fingerprint density at radius 1 is 1.60 bits per heavy atom. The SMILES string of the molecule is CC(C(=O)Nc1ccc(F)c(N)c1)N(C)C1CCSC1. The number of benzene rings is 1. The first kappa shape index (κ1) is 15.1. The van der Waals surface area contributed by atoms with Crippen molar-refractivity contribution in [2.45, 2.75) is 25.4 Å². The van der Waals surface area contributed by atoms with Crippen LogP contribution in [0.2, 0.25) is 0 Å². The number of nitrogens with two attached hydrogens (primary N) is 1. The molecule has 2 unspecified atom stereocenters. The first-order valence-corrected chi connectivity index (χ1v) is 7.80. The number of hydrogen-bond donors (Lipinski definition) is 2. The second-order valence-corrected chi connectivity index (χ2v) is 6.23. The predicted molar refractivity (Wildman–Crippen MR) is 82.4 cm³/mol. The molecule has 0 bridgehead atoms. The van der Waals surface area contributed by atoms with Crippen molar-refractivity contribution in [1.82, 2.24) is 4.90 Å². The van der Waals surface area contributed by atoms with Gasteiger partial charge >= 0.3 is 0 Å². The molecule has 1 aliphatic heterocycles. The summed E-state index contributed by atoms with van der Waals surface area (Å²) in [5, 5.41) is 2.78. The van der Waals surface area contributed by atoms with Gasteiger partial charge in [-0.15, -0.1) is 0 Å². The fourth-order valence-corrected chi connectivity index (χ4v) is 3.49. The van der Waals surface area contributed by atoms with Crippen molar-refractivity contribution in [2.75, 3.05) is 29.6 Å². The van der Waals surface area contributed by atoms with E-state index in [4.69, 9.17) is 5.73 Å². The predicted octanol–water partition coefficient (Wildman–Crippen LogP) is 2.17. The van der Waals surface area contributed by atoms with Gasteiger partial charge in [0.05, 0.1) is 11.7 Å². The molecule has 1 aromatic rings. The van der Waals surface area contributed by atoms with E-state index in [1.165, 1.54) is 18.2 Å². The van der Waals surface area contributed by atoms with Crippen molar-refractivity contribution in [3.63, 3.8) is 0 Å². The molecule has 1 fully saturated rings. The lowest BCUT2D eigenvalue weighted by atomic mass is 10.1. The number of likely N-dealkylation sites (N-methyl/N-ethyl adjacent to an activating group) is 1. The van der Waals surface area contributed by atoms with Crippen LogP contribution in [0.5, 0.6) is 0 Å². The molecule has 0 aliphatic carbocycles. The van der Waals surface area contributed by atoms with Gasteiger partial charge in [-0.3, -0.25) is 9.69 Å². The summed E-state index contributed by atoms with van der Waals surface area (Å²) in [4.78, 5) is 14.3. The molecular formula is C14H20FN3OS. The molecule has 0 spiro atoms. The fourth-order valence-electron chi connectivity index (χ4n) is 2.21. The van der Waals surface area contributed by atoms with Crippen molar-refractivity contribution in [3.05, 3.63) is 24.0 Å². The van der Waals surface area contributed by atoms with Crippen LogP contribution >= 0.6 is 11.8 Å². The van der Waals surface area contributed by atoms with Crippen LogP contribution in [-0.2, 0) is 4.79 Å². The highest BCUT2D eigenvalue weighted by Crippen LogP contribution is 2.23. The Balaban J connectivity index is 1.97. The Kier molecular flexibility index (Phi) is 4.88. The Hall–Kier alpha value is -1.27. The van der Waals surface area contributed by atoms with Crippen LogP contribution in [-0.4, -0.2) is 41.4 Å². The highest BCUT2D eigenvalue weighted by molar-refractivity contribution is 7.99. The normalized spacial score (nSPS) is 20.1. The van der Waals surface area contributed by atoms with Crippen molar-refractivity contribution < 1.29 is 9.18 Å². The summed E-state index contributed by atoms with van der Waals surface area (Å²) in [5.74, 6) is 1.64. The maximum Gasteiger partial charge on any atom is 0.241 e. The second kappa shape index (κ2) is 6.45. The van der Waals surface area contributed by atoms with Gasteiger partial charge in [0, 0.05) is 17.5 Å². The highest BCUT2D eigenvalue weighted by atomic mass is 32.2. The van der Waals surface area contributed by atoms with E-state index >= 15 is 0 Å². The van der Waals surface area contributed by atoms with Gasteiger partial charge in [0.25, 0.3) is 0 Å². The molecule has 1 heterocycles. The molecule has 1 aliphatic rings. The van der Waals surface area contributed by atoms with E-state index in [2.05, 4.69) is 10.2 Å². The third-order valence-corrected chi connectivity index (χ3v) is 4.88. The number of carbonyl (C=O) groups is 1. The number of nitrogen functional groups attached to an aromatic ring is 1. The molecule has 6 heteroatoms. The van der Waals surface area contributed by atoms with Crippen molar-refractivity contribution in [3.8, 4) is 0 Å². The molecule has 20 heavy (non-hydrogen) atoms. The molecule has 0 aromatic heterocycles. The number of rotatable bonds is 4. The number of anilines is 2. The molecule has 1 saturated heterocycles. The Morgan fingerprint density at radius 3 is 2.95 bits per heavy atom. The molecule has 1 amide bonds. The molecule has 1 aromatic carbocycles. The molecule has 2 atom stereocenters. The van der Waals surface area contributed by atoms with E-state index in [0.29, 0.717) is 11.7 Å². The number of carbonyl (C=O) groups excluding carboxylic acids is 1. The zero-order chi connectivity index (χ0) is 14.7. The summed E-state index contributed by atoms with van der Waals surface area (Å²) < 4.78 is 13.1. The smallest absolute Gasteiger partial charge is 0.241 e. The zero-order valence-corrected chi connectivity index (χ0v) is 12.5. The Bertz CT molecular complexity index is 491. The number of nitrogens with one attached hydrogen (secondary N) is 1. The summed E-state index contributed by atoms with van der Waals surface area (Å²) in [6.07, 6.45) is 1.11. The van der Waals surface area contributed by atoms with Crippen LogP contribution < -0.4 is 11.1 Å². The van der Waals surface area contributed by atoms with E-state index in [1.54, 1.807) is 0 Å². The lowest BCUT2D eigenvalue weighted by Crippen LogP contribution is -2.45. The van der Waals surface area contributed by atoms with Gasteiger partial charge in [-0.05, 0) is 44.3 Å². The third-order valence-electron chi connectivity index (χ3n) is 3.74. The van der Waals surface area contributed by atoms with E-state index in [9.17, 15) is 9.18 Å². The minimum atomic E-state index is -0.476. The molecule has 110 valence electrons. The van der Waals surface area contributed by atoms with Crippen LogP contribution in [0, 0.1) is 5.82 Å². The highest BCUT2D eigenvalue weighted by Gasteiger charge is 2.27. The third kappa shape index (κ3) is 3.43. The molecule has 2 rings (SSSR count). The maximum absolute atomic E-state index is 13.1. The van der Waals surface area contributed by atoms with E-state index in [-0.39, 0.29) is 17.6 Å². The number of nitrogens with zero attached hydrogens (tertiary/aromatic N) is 1. The van der Waals surface area contributed by atoms with Gasteiger partial charge in [0.15, 0.2) is 0 Å². The van der Waals surface area contributed by atoms with Gasteiger partial charge in [-0.25, -0.2) is 4.39 Å². The zero-order valence-electron chi connectivity index (χ0n) is 11.7. The minimum absolute atomic E-state index is 0.0380. The minimum Gasteiger partial charge on any atom is -0.396 e. The van der Waals surface area contributed by atoms with Gasteiger partial charge in [-0.1, -0.05) is 0 Å². The van der Waals surface area contributed by atoms with Crippen LogP contribution in [0.25, 0.3) is 0 Å². The Morgan fingerprint density at radius 2 is 2.35 bits per heavy atom. The van der Waals surface area contributed by atoms with Crippen molar-refractivity contribution in [2.24, 2.45) is 0 Å². The number of halogens is 1. The number of thioether (sulfide) groups is 1. The van der Waals surface area contributed by atoms with Crippen LogP contribution in [0.3, 0.4) is 0 Å². The molecule has 0 radical (unpaired) electrons. The summed E-state index contributed by atoms with van der Waals surface area (Å²) in [6, 6.07) is 4.42. The lowest BCUT2D eigenvalue weighted by Gasteiger charge is -2.29. The van der Waals surface area contributed by atoms with Gasteiger partial charge < -0.3 is 11.1 Å². The van der Waals surface area contributed by atoms with Crippen molar-refractivity contribution in [1.29, 1.82) is 0 Å².